The van der Waals surface area contributed by atoms with E-state index in [2.05, 4.69) is 102 Å². The van der Waals surface area contributed by atoms with Gasteiger partial charge in [-0.2, -0.15) is 0 Å². The van der Waals surface area contributed by atoms with E-state index in [1.54, 1.807) is 0 Å². The summed E-state index contributed by atoms with van der Waals surface area (Å²) in [7, 11) is 0. The van der Waals surface area contributed by atoms with Gasteiger partial charge in [0.25, 0.3) is 0 Å². The first-order chi connectivity index (χ1) is 23.3. The van der Waals surface area contributed by atoms with E-state index in [1.807, 2.05) is 54.7 Å². The van der Waals surface area contributed by atoms with Crippen LogP contribution in [0.25, 0.3) is 76.8 Å². The first-order valence-corrected chi connectivity index (χ1v) is 15.7. The number of furan rings is 2. The number of para-hydroxylation sites is 2. The summed E-state index contributed by atoms with van der Waals surface area (Å²) in [6.45, 7) is 0. The maximum Gasteiger partial charge on any atom is 0.227 e. The van der Waals surface area contributed by atoms with Crippen LogP contribution in [0.2, 0.25) is 0 Å². The van der Waals surface area contributed by atoms with Gasteiger partial charge in [-0.05, 0) is 87.3 Å². The molecule has 0 aliphatic rings. The van der Waals surface area contributed by atoms with Crippen LogP contribution < -0.4 is 4.90 Å². The zero-order valence-corrected chi connectivity index (χ0v) is 25.1. The highest BCUT2D eigenvalue weighted by Crippen LogP contribution is 2.40. The van der Waals surface area contributed by atoms with E-state index >= 15 is 0 Å². The lowest BCUT2D eigenvalue weighted by molar-refractivity contribution is 0.654. The van der Waals surface area contributed by atoms with Gasteiger partial charge in [0.05, 0.1) is 17.3 Å². The Morgan fingerprint density at radius 1 is 0.468 bits per heavy atom. The fourth-order valence-corrected chi connectivity index (χ4v) is 6.92. The van der Waals surface area contributed by atoms with Gasteiger partial charge >= 0.3 is 0 Å². The Balaban J connectivity index is 1.17. The van der Waals surface area contributed by atoms with Crippen molar-refractivity contribution in [2.24, 2.45) is 0 Å². The van der Waals surface area contributed by atoms with Gasteiger partial charge in [0.15, 0.2) is 5.58 Å². The Kier molecular flexibility index (Phi) is 5.51. The number of hydrogen-bond acceptors (Lipinski definition) is 5. The van der Waals surface area contributed by atoms with Crippen molar-refractivity contribution in [2.75, 3.05) is 4.90 Å². The fraction of sp³-hybridized carbons (Fsp3) is 0. The molecule has 5 heteroatoms. The largest absolute Gasteiger partial charge is 0.454 e. The minimum atomic E-state index is 0.609. The SMILES string of the molecule is c1ccc2c(c1)cc(-c1ccc(N(c3cnc4oc5ccccc5c4c3)c3ccc4oc5ccccc5c4n3)cc1)c1ccccc12. The van der Waals surface area contributed by atoms with Crippen molar-refractivity contribution in [1.82, 2.24) is 9.97 Å². The maximum atomic E-state index is 6.12. The highest BCUT2D eigenvalue weighted by Gasteiger charge is 2.20. The zero-order valence-electron chi connectivity index (χ0n) is 25.1. The van der Waals surface area contributed by atoms with Crippen molar-refractivity contribution in [1.29, 1.82) is 0 Å². The first kappa shape index (κ1) is 25.8. The summed E-state index contributed by atoms with van der Waals surface area (Å²) in [4.78, 5) is 12.1. The van der Waals surface area contributed by atoms with E-state index in [-0.39, 0.29) is 0 Å². The molecule has 10 aromatic rings. The van der Waals surface area contributed by atoms with Crippen LogP contribution in [0.1, 0.15) is 0 Å². The third-order valence-electron chi connectivity index (χ3n) is 9.12. The molecule has 0 aliphatic carbocycles. The van der Waals surface area contributed by atoms with Crippen LogP contribution in [0.5, 0.6) is 0 Å². The number of pyridine rings is 2. The van der Waals surface area contributed by atoms with E-state index in [0.29, 0.717) is 5.71 Å². The molecular weight excluding hydrogens is 578 g/mol. The van der Waals surface area contributed by atoms with Gasteiger partial charge in [-0.3, -0.25) is 4.90 Å². The third-order valence-corrected chi connectivity index (χ3v) is 9.12. The molecule has 0 aliphatic heterocycles. The normalized spacial score (nSPS) is 11.8. The predicted molar refractivity (Wildman–Crippen MR) is 192 cm³/mol. The Hall–Kier alpha value is -6.46. The number of fused-ring (bicyclic) bond motifs is 9. The van der Waals surface area contributed by atoms with Gasteiger partial charge in [-0.25, -0.2) is 9.97 Å². The Morgan fingerprint density at radius 2 is 1.15 bits per heavy atom. The van der Waals surface area contributed by atoms with E-state index in [9.17, 15) is 0 Å². The molecule has 0 unspecified atom stereocenters. The third kappa shape index (κ3) is 4.03. The molecule has 0 saturated carbocycles. The average Bonchev–Trinajstić information content (AvgIpc) is 3.70. The number of hydrogen-bond donors (Lipinski definition) is 0. The van der Waals surface area contributed by atoms with Gasteiger partial charge < -0.3 is 8.83 Å². The summed E-state index contributed by atoms with van der Waals surface area (Å²) >= 11 is 0. The van der Waals surface area contributed by atoms with Gasteiger partial charge in [0, 0.05) is 16.5 Å². The second kappa shape index (κ2) is 10.0. The van der Waals surface area contributed by atoms with E-state index < -0.39 is 0 Å². The van der Waals surface area contributed by atoms with Crippen LogP contribution in [0.15, 0.2) is 161 Å². The number of rotatable bonds is 4. The quantitative estimate of drug-likeness (QED) is 0.187. The Bertz CT molecular complexity index is 2700. The van der Waals surface area contributed by atoms with E-state index in [1.165, 1.54) is 27.1 Å². The van der Waals surface area contributed by atoms with Crippen LogP contribution in [0.3, 0.4) is 0 Å². The molecule has 10 rings (SSSR count). The molecule has 0 amide bonds. The van der Waals surface area contributed by atoms with Crippen LogP contribution in [0, 0.1) is 0 Å². The van der Waals surface area contributed by atoms with Crippen LogP contribution >= 0.6 is 0 Å². The molecule has 0 N–H and O–H groups in total. The van der Waals surface area contributed by atoms with Crippen molar-refractivity contribution in [3.63, 3.8) is 0 Å². The topological polar surface area (TPSA) is 55.3 Å². The number of benzene rings is 6. The zero-order chi connectivity index (χ0) is 30.9. The fourth-order valence-electron chi connectivity index (χ4n) is 6.92. The van der Waals surface area contributed by atoms with Crippen molar-refractivity contribution < 1.29 is 8.83 Å². The van der Waals surface area contributed by atoms with Gasteiger partial charge in [0.2, 0.25) is 5.71 Å². The van der Waals surface area contributed by atoms with Crippen molar-refractivity contribution in [3.05, 3.63) is 152 Å². The molecule has 0 bridgehead atoms. The maximum absolute atomic E-state index is 6.12. The monoisotopic (exact) mass is 603 g/mol. The van der Waals surface area contributed by atoms with Crippen LogP contribution in [0.4, 0.5) is 17.2 Å². The summed E-state index contributed by atoms with van der Waals surface area (Å²) in [6.07, 6.45) is 1.86. The summed E-state index contributed by atoms with van der Waals surface area (Å²) in [5.41, 5.74) is 8.02. The molecule has 0 spiro atoms. The van der Waals surface area contributed by atoms with Crippen molar-refractivity contribution in [3.8, 4) is 11.1 Å². The van der Waals surface area contributed by atoms with Crippen LogP contribution in [-0.2, 0) is 0 Å². The molecule has 0 fully saturated rings. The minimum absolute atomic E-state index is 0.609. The highest BCUT2D eigenvalue weighted by atomic mass is 16.3. The van der Waals surface area contributed by atoms with E-state index in [0.717, 1.165) is 61.2 Å². The number of anilines is 3. The molecule has 5 nitrogen and oxygen atoms in total. The Morgan fingerprint density at radius 3 is 1.98 bits per heavy atom. The predicted octanol–water partition coefficient (Wildman–Crippen LogP) is 11.7. The standard InChI is InChI=1S/C42H25N3O2/c1-2-10-30-27(9-1)23-35(32-12-4-3-11-31(30)32)26-17-19-28(20-18-26)45(29-24-36-33-13-5-7-15-37(33)47-42(36)43-25-29)40-22-21-39-41(44-40)34-14-6-8-16-38(34)46-39/h1-25H. The Labute approximate surface area is 268 Å². The number of nitrogens with zero attached hydrogens (tertiary/aromatic N) is 3. The van der Waals surface area contributed by atoms with Crippen LogP contribution in [-0.4, -0.2) is 9.97 Å². The molecule has 4 aromatic heterocycles. The molecule has 220 valence electrons. The number of aromatic nitrogens is 2. The summed E-state index contributed by atoms with van der Waals surface area (Å²) in [6, 6.07) is 50.5. The molecule has 0 radical (unpaired) electrons. The smallest absolute Gasteiger partial charge is 0.227 e. The van der Waals surface area contributed by atoms with Gasteiger partial charge in [-0.15, -0.1) is 0 Å². The molecule has 6 aromatic carbocycles. The van der Waals surface area contributed by atoms with Gasteiger partial charge in [-0.1, -0.05) is 91.0 Å². The lowest BCUT2D eigenvalue weighted by Gasteiger charge is -2.24. The minimum Gasteiger partial charge on any atom is -0.454 e. The average molecular weight is 604 g/mol. The molecule has 4 heterocycles. The van der Waals surface area contributed by atoms with Crippen molar-refractivity contribution in [2.45, 2.75) is 0 Å². The second-order valence-electron chi connectivity index (χ2n) is 11.8. The molecule has 47 heavy (non-hydrogen) atoms. The lowest BCUT2D eigenvalue weighted by Crippen LogP contribution is -2.11. The van der Waals surface area contributed by atoms with Gasteiger partial charge in [0.1, 0.15) is 22.5 Å². The van der Waals surface area contributed by atoms with Crippen molar-refractivity contribution >= 4 is 82.9 Å². The molecule has 0 atom stereocenters. The highest BCUT2D eigenvalue weighted by molar-refractivity contribution is 6.14. The molecule has 0 saturated heterocycles. The second-order valence-corrected chi connectivity index (χ2v) is 11.8. The molecular formula is C42H25N3O2. The summed E-state index contributed by atoms with van der Waals surface area (Å²) in [5, 5.41) is 7.94. The summed E-state index contributed by atoms with van der Waals surface area (Å²) in [5.74, 6) is 0.766. The van der Waals surface area contributed by atoms with E-state index in [4.69, 9.17) is 18.8 Å². The lowest BCUT2D eigenvalue weighted by atomic mass is 9.93. The summed E-state index contributed by atoms with van der Waals surface area (Å²) < 4.78 is 12.2. The first-order valence-electron chi connectivity index (χ1n) is 15.7.